The monoisotopic (exact) mass is 254 g/mol. The molecule has 1 aliphatic carbocycles. The Morgan fingerprint density at radius 3 is 2.72 bits per heavy atom. The molecule has 2 aliphatic heterocycles. The molecule has 102 valence electrons. The maximum Gasteiger partial charge on any atom is 0.223 e. The summed E-state index contributed by atoms with van der Waals surface area (Å²) in [6.07, 6.45) is 4.02. The van der Waals surface area contributed by atoms with Gasteiger partial charge in [0.25, 0.3) is 0 Å². The topological polar surface area (TPSA) is 73.6 Å². The molecule has 0 aromatic carbocycles. The van der Waals surface area contributed by atoms with E-state index < -0.39 is 0 Å². The summed E-state index contributed by atoms with van der Waals surface area (Å²) in [5, 5.41) is 3.09. The number of nitrogens with one attached hydrogen (secondary N) is 1. The van der Waals surface area contributed by atoms with Gasteiger partial charge in [-0.05, 0) is 25.7 Å². The first kappa shape index (κ1) is 12.4. The van der Waals surface area contributed by atoms with E-state index in [2.05, 4.69) is 5.32 Å². The van der Waals surface area contributed by atoms with Crippen LogP contribution in [0.25, 0.3) is 0 Å². The first-order valence-electron chi connectivity index (χ1n) is 7.02. The van der Waals surface area contributed by atoms with Crippen molar-refractivity contribution < 1.29 is 14.3 Å². The van der Waals surface area contributed by atoms with Gasteiger partial charge in [-0.2, -0.15) is 0 Å². The van der Waals surface area contributed by atoms with Crippen LogP contribution in [0.2, 0.25) is 0 Å². The van der Waals surface area contributed by atoms with E-state index in [1.807, 2.05) is 0 Å². The third-order valence-electron chi connectivity index (χ3n) is 4.58. The third-order valence-corrected chi connectivity index (χ3v) is 4.58. The maximum atomic E-state index is 12.1. The standard InChI is InChI=1S/C13H22N2O3/c14-10-9-2-1-5-18-12(9)11(10)15-13(16)8-3-6-17-7-4-8/h8-12H,1-7,14H2,(H,15,16). The van der Waals surface area contributed by atoms with Crippen molar-refractivity contribution in [2.24, 2.45) is 17.6 Å². The lowest BCUT2D eigenvalue weighted by Gasteiger charge is -2.52. The predicted octanol–water partition coefficient (Wildman–Crippen LogP) is 0.0339. The van der Waals surface area contributed by atoms with Crippen molar-refractivity contribution in [1.82, 2.24) is 5.32 Å². The largest absolute Gasteiger partial charge is 0.381 e. The number of ether oxygens (including phenoxy) is 2. The highest BCUT2D eigenvalue weighted by Gasteiger charge is 2.51. The number of amides is 1. The van der Waals surface area contributed by atoms with Gasteiger partial charge in [0.15, 0.2) is 0 Å². The van der Waals surface area contributed by atoms with Gasteiger partial charge < -0.3 is 20.5 Å². The minimum absolute atomic E-state index is 0.0191. The van der Waals surface area contributed by atoms with E-state index >= 15 is 0 Å². The van der Waals surface area contributed by atoms with Gasteiger partial charge in [-0.25, -0.2) is 0 Å². The van der Waals surface area contributed by atoms with Crippen molar-refractivity contribution >= 4 is 5.91 Å². The molecule has 0 bridgehead atoms. The van der Waals surface area contributed by atoms with E-state index in [9.17, 15) is 4.79 Å². The van der Waals surface area contributed by atoms with Crippen LogP contribution in [0.4, 0.5) is 0 Å². The Morgan fingerprint density at radius 2 is 1.94 bits per heavy atom. The van der Waals surface area contributed by atoms with Crippen LogP contribution in [0.5, 0.6) is 0 Å². The fourth-order valence-electron chi connectivity index (χ4n) is 3.37. The molecule has 4 unspecified atom stereocenters. The van der Waals surface area contributed by atoms with E-state index in [1.54, 1.807) is 0 Å². The van der Waals surface area contributed by atoms with Crippen molar-refractivity contribution in [2.75, 3.05) is 19.8 Å². The molecule has 3 fully saturated rings. The second kappa shape index (κ2) is 5.15. The molecular weight excluding hydrogens is 232 g/mol. The lowest BCUT2D eigenvalue weighted by atomic mass is 9.68. The summed E-state index contributed by atoms with van der Waals surface area (Å²) in [5.74, 6) is 0.665. The van der Waals surface area contributed by atoms with Gasteiger partial charge in [-0.3, -0.25) is 4.79 Å². The van der Waals surface area contributed by atoms with Crippen LogP contribution in [-0.4, -0.2) is 43.9 Å². The smallest absolute Gasteiger partial charge is 0.223 e. The zero-order chi connectivity index (χ0) is 12.5. The van der Waals surface area contributed by atoms with Gasteiger partial charge in [0.1, 0.15) is 0 Å². The fraction of sp³-hybridized carbons (Fsp3) is 0.923. The molecule has 3 aliphatic rings. The molecule has 2 saturated heterocycles. The summed E-state index contributed by atoms with van der Waals surface area (Å²) in [6, 6.07) is 0.0877. The highest BCUT2D eigenvalue weighted by Crippen LogP contribution is 2.37. The molecule has 0 aromatic rings. The van der Waals surface area contributed by atoms with Gasteiger partial charge >= 0.3 is 0 Å². The van der Waals surface area contributed by atoms with Crippen LogP contribution >= 0.6 is 0 Å². The number of fused-ring (bicyclic) bond motifs is 1. The van der Waals surface area contributed by atoms with Crippen molar-refractivity contribution in [3.05, 3.63) is 0 Å². The second-order valence-corrected chi connectivity index (χ2v) is 5.64. The summed E-state index contributed by atoms with van der Waals surface area (Å²) < 4.78 is 11.0. The zero-order valence-electron chi connectivity index (χ0n) is 10.6. The van der Waals surface area contributed by atoms with Crippen molar-refractivity contribution in [1.29, 1.82) is 0 Å². The van der Waals surface area contributed by atoms with Crippen molar-refractivity contribution in [3.8, 4) is 0 Å². The molecular formula is C13H22N2O3. The number of rotatable bonds is 2. The number of hydrogen-bond donors (Lipinski definition) is 2. The van der Waals surface area contributed by atoms with Crippen molar-refractivity contribution in [2.45, 2.75) is 43.9 Å². The second-order valence-electron chi connectivity index (χ2n) is 5.64. The molecule has 5 nitrogen and oxygen atoms in total. The molecule has 2 heterocycles. The van der Waals surface area contributed by atoms with E-state index in [0.29, 0.717) is 19.1 Å². The molecule has 1 amide bonds. The summed E-state index contributed by atoms with van der Waals surface area (Å²) >= 11 is 0. The minimum Gasteiger partial charge on any atom is -0.381 e. The lowest BCUT2D eigenvalue weighted by Crippen LogP contribution is -2.72. The average Bonchev–Trinajstić information content (AvgIpc) is 2.45. The minimum atomic E-state index is 0.0191. The number of hydrogen-bond acceptors (Lipinski definition) is 4. The fourth-order valence-corrected chi connectivity index (χ4v) is 3.37. The van der Waals surface area contributed by atoms with Gasteiger partial charge in [-0.15, -0.1) is 0 Å². The maximum absolute atomic E-state index is 12.1. The van der Waals surface area contributed by atoms with Gasteiger partial charge in [0, 0.05) is 37.7 Å². The Hall–Kier alpha value is -0.650. The normalized spacial score (nSPS) is 40.7. The molecule has 0 spiro atoms. The Morgan fingerprint density at radius 1 is 1.17 bits per heavy atom. The Balaban J connectivity index is 1.54. The highest BCUT2D eigenvalue weighted by atomic mass is 16.5. The summed E-state index contributed by atoms with van der Waals surface area (Å²) in [4.78, 5) is 12.1. The molecule has 1 saturated carbocycles. The summed E-state index contributed by atoms with van der Waals surface area (Å²) in [6.45, 7) is 2.19. The van der Waals surface area contributed by atoms with Gasteiger partial charge in [-0.1, -0.05) is 0 Å². The molecule has 5 heteroatoms. The average molecular weight is 254 g/mol. The quantitative estimate of drug-likeness (QED) is 0.729. The van der Waals surface area contributed by atoms with Crippen LogP contribution in [-0.2, 0) is 14.3 Å². The van der Waals surface area contributed by atoms with E-state index in [0.717, 1.165) is 32.3 Å². The molecule has 0 radical (unpaired) electrons. The Labute approximate surface area is 107 Å². The van der Waals surface area contributed by atoms with Gasteiger partial charge in [0.05, 0.1) is 12.1 Å². The SMILES string of the molecule is NC1C2CCCOC2C1NC(=O)C1CCOCC1. The number of carbonyl (C=O) groups is 1. The molecule has 18 heavy (non-hydrogen) atoms. The molecule has 3 rings (SSSR count). The Bertz CT molecular complexity index is 317. The number of carbonyl (C=O) groups excluding carboxylic acids is 1. The van der Waals surface area contributed by atoms with Crippen molar-refractivity contribution in [3.63, 3.8) is 0 Å². The van der Waals surface area contributed by atoms with E-state index in [1.165, 1.54) is 0 Å². The first-order valence-corrected chi connectivity index (χ1v) is 7.02. The summed E-state index contributed by atoms with van der Waals surface area (Å²) in [7, 11) is 0. The van der Waals surface area contributed by atoms with E-state index in [4.69, 9.17) is 15.2 Å². The lowest BCUT2D eigenvalue weighted by molar-refractivity contribution is -0.144. The van der Waals surface area contributed by atoms with Crippen LogP contribution in [0.15, 0.2) is 0 Å². The van der Waals surface area contributed by atoms with Crippen LogP contribution in [0.1, 0.15) is 25.7 Å². The zero-order valence-corrected chi connectivity index (χ0v) is 10.6. The Kier molecular flexibility index (Phi) is 3.54. The van der Waals surface area contributed by atoms with E-state index in [-0.39, 0.29) is 30.0 Å². The third kappa shape index (κ3) is 2.15. The van der Waals surface area contributed by atoms with Crippen LogP contribution in [0.3, 0.4) is 0 Å². The predicted molar refractivity (Wildman–Crippen MR) is 65.9 cm³/mol. The summed E-state index contributed by atoms with van der Waals surface area (Å²) in [5.41, 5.74) is 6.14. The molecule has 3 N–H and O–H groups in total. The highest BCUT2D eigenvalue weighted by molar-refractivity contribution is 5.79. The van der Waals surface area contributed by atoms with Gasteiger partial charge in [0.2, 0.25) is 5.91 Å². The molecule has 4 atom stereocenters. The number of nitrogens with two attached hydrogens (primary N) is 1. The first-order chi connectivity index (χ1) is 8.77. The molecule has 0 aromatic heterocycles. The van der Waals surface area contributed by atoms with Crippen LogP contribution in [0, 0.1) is 11.8 Å². The van der Waals surface area contributed by atoms with Crippen LogP contribution < -0.4 is 11.1 Å².